The van der Waals surface area contributed by atoms with E-state index in [4.69, 9.17) is 0 Å². The summed E-state index contributed by atoms with van der Waals surface area (Å²) in [5, 5.41) is 9.58. The summed E-state index contributed by atoms with van der Waals surface area (Å²) in [6.07, 6.45) is 0.925. The molecule has 0 saturated heterocycles. The van der Waals surface area contributed by atoms with Crippen LogP contribution >= 0.6 is 24.0 Å². The lowest BCUT2D eigenvalue weighted by Gasteiger charge is -2.18. The van der Waals surface area contributed by atoms with Crippen molar-refractivity contribution in [3.8, 4) is 0 Å². The van der Waals surface area contributed by atoms with Crippen LogP contribution in [0.1, 0.15) is 47.8 Å². The number of hydrogen-bond acceptors (Lipinski definition) is 2. The van der Waals surface area contributed by atoms with Gasteiger partial charge in [0, 0.05) is 25.7 Å². The molecule has 0 spiro atoms. The number of hydrogen-bond donors (Lipinski definition) is 3. The molecular formula is C21H29IN4O. The summed E-state index contributed by atoms with van der Waals surface area (Å²) >= 11 is 0. The smallest absolute Gasteiger partial charge is 0.251 e. The molecule has 0 fully saturated rings. The SMILES string of the molecule is CCCNC(=O)c1cccc(CNC(=NC)NC(C)c2ccccc2)c1.I. The Balaban J connectivity index is 0.00000364. The van der Waals surface area contributed by atoms with E-state index >= 15 is 0 Å². The van der Waals surface area contributed by atoms with E-state index in [9.17, 15) is 4.79 Å². The fourth-order valence-corrected chi connectivity index (χ4v) is 2.57. The summed E-state index contributed by atoms with van der Waals surface area (Å²) in [7, 11) is 1.75. The first-order chi connectivity index (χ1) is 12.6. The second kappa shape index (κ2) is 12.3. The number of carbonyl (C=O) groups is 1. The van der Waals surface area contributed by atoms with E-state index in [0.717, 1.165) is 17.9 Å². The van der Waals surface area contributed by atoms with Gasteiger partial charge in [0.2, 0.25) is 0 Å². The Labute approximate surface area is 179 Å². The van der Waals surface area contributed by atoms with Crippen LogP contribution in [-0.2, 0) is 6.54 Å². The highest BCUT2D eigenvalue weighted by Crippen LogP contribution is 2.11. The van der Waals surface area contributed by atoms with Crippen molar-refractivity contribution in [2.45, 2.75) is 32.9 Å². The first-order valence-corrected chi connectivity index (χ1v) is 9.03. The molecule has 0 heterocycles. The molecule has 1 amide bonds. The highest BCUT2D eigenvalue weighted by atomic mass is 127. The monoisotopic (exact) mass is 480 g/mol. The Hall–Kier alpha value is -2.09. The van der Waals surface area contributed by atoms with E-state index in [-0.39, 0.29) is 35.9 Å². The van der Waals surface area contributed by atoms with Crippen LogP contribution in [0.3, 0.4) is 0 Å². The van der Waals surface area contributed by atoms with Crippen LogP contribution in [0.5, 0.6) is 0 Å². The van der Waals surface area contributed by atoms with E-state index in [0.29, 0.717) is 18.7 Å². The lowest BCUT2D eigenvalue weighted by molar-refractivity contribution is 0.0953. The quantitative estimate of drug-likeness (QED) is 0.320. The van der Waals surface area contributed by atoms with Gasteiger partial charge in [-0.25, -0.2) is 0 Å². The lowest BCUT2D eigenvalue weighted by atomic mass is 10.1. The van der Waals surface area contributed by atoms with E-state index in [1.165, 1.54) is 5.56 Å². The molecule has 0 aromatic heterocycles. The van der Waals surface area contributed by atoms with Crippen LogP contribution in [-0.4, -0.2) is 25.5 Å². The van der Waals surface area contributed by atoms with Crippen molar-refractivity contribution in [1.82, 2.24) is 16.0 Å². The van der Waals surface area contributed by atoms with Crippen LogP contribution in [0.2, 0.25) is 0 Å². The molecule has 27 heavy (non-hydrogen) atoms. The highest BCUT2D eigenvalue weighted by Gasteiger charge is 2.08. The Morgan fingerprint density at radius 2 is 1.81 bits per heavy atom. The van der Waals surface area contributed by atoms with Gasteiger partial charge in [0.25, 0.3) is 5.91 Å². The molecule has 2 aromatic rings. The normalized spacial score (nSPS) is 11.9. The van der Waals surface area contributed by atoms with Gasteiger partial charge in [0.05, 0.1) is 6.04 Å². The molecule has 0 aliphatic carbocycles. The molecule has 5 nitrogen and oxygen atoms in total. The lowest BCUT2D eigenvalue weighted by Crippen LogP contribution is -2.38. The number of halogens is 1. The summed E-state index contributed by atoms with van der Waals surface area (Å²) in [5.74, 6) is 0.691. The van der Waals surface area contributed by atoms with Crippen LogP contribution in [0.15, 0.2) is 59.6 Å². The molecule has 6 heteroatoms. The summed E-state index contributed by atoms with van der Waals surface area (Å²) in [6.45, 7) is 5.42. The average molecular weight is 480 g/mol. The Kier molecular flexibility index (Phi) is 10.5. The van der Waals surface area contributed by atoms with Crippen LogP contribution in [0.4, 0.5) is 0 Å². The number of aliphatic imine (C=N–C) groups is 1. The van der Waals surface area contributed by atoms with E-state index in [1.54, 1.807) is 7.05 Å². The number of guanidine groups is 1. The number of rotatable bonds is 7. The Morgan fingerprint density at radius 1 is 1.07 bits per heavy atom. The summed E-state index contributed by atoms with van der Waals surface area (Å²) in [4.78, 5) is 16.4. The molecule has 0 aliphatic heterocycles. The second-order valence-electron chi connectivity index (χ2n) is 6.16. The molecule has 1 atom stereocenters. The molecule has 146 valence electrons. The maximum Gasteiger partial charge on any atom is 0.251 e. The van der Waals surface area contributed by atoms with Gasteiger partial charge >= 0.3 is 0 Å². The van der Waals surface area contributed by atoms with Crippen molar-refractivity contribution in [3.05, 3.63) is 71.3 Å². The third-order valence-electron chi connectivity index (χ3n) is 4.06. The molecule has 0 aliphatic rings. The van der Waals surface area contributed by atoms with Crippen LogP contribution in [0, 0.1) is 0 Å². The highest BCUT2D eigenvalue weighted by molar-refractivity contribution is 14.0. The Bertz CT molecular complexity index is 734. The number of benzene rings is 2. The van der Waals surface area contributed by atoms with Crippen molar-refractivity contribution >= 4 is 35.8 Å². The third kappa shape index (κ3) is 7.58. The zero-order chi connectivity index (χ0) is 18.8. The first-order valence-electron chi connectivity index (χ1n) is 9.03. The molecule has 0 bridgehead atoms. The molecule has 3 N–H and O–H groups in total. The zero-order valence-corrected chi connectivity index (χ0v) is 18.5. The minimum absolute atomic E-state index is 0. The number of carbonyl (C=O) groups excluding carboxylic acids is 1. The molecular weight excluding hydrogens is 451 g/mol. The molecule has 1 unspecified atom stereocenters. The Morgan fingerprint density at radius 3 is 2.48 bits per heavy atom. The largest absolute Gasteiger partial charge is 0.352 e. The topological polar surface area (TPSA) is 65.5 Å². The van der Waals surface area contributed by atoms with Gasteiger partial charge in [0.15, 0.2) is 5.96 Å². The number of nitrogens with zero attached hydrogens (tertiary/aromatic N) is 1. The predicted octanol–water partition coefficient (Wildman–Crippen LogP) is 3.87. The molecule has 2 aromatic carbocycles. The van der Waals surface area contributed by atoms with Crippen molar-refractivity contribution in [3.63, 3.8) is 0 Å². The van der Waals surface area contributed by atoms with E-state index < -0.39 is 0 Å². The van der Waals surface area contributed by atoms with Crippen LogP contribution < -0.4 is 16.0 Å². The van der Waals surface area contributed by atoms with Crippen LogP contribution in [0.25, 0.3) is 0 Å². The van der Waals surface area contributed by atoms with Crippen molar-refractivity contribution < 1.29 is 4.79 Å². The van der Waals surface area contributed by atoms with Gasteiger partial charge in [-0.1, -0.05) is 49.4 Å². The fraction of sp³-hybridized carbons (Fsp3) is 0.333. The van der Waals surface area contributed by atoms with Gasteiger partial charge in [-0.2, -0.15) is 0 Å². The predicted molar refractivity (Wildman–Crippen MR) is 123 cm³/mol. The zero-order valence-electron chi connectivity index (χ0n) is 16.2. The second-order valence-corrected chi connectivity index (χ2v) is 6.16. The van der Waals surface area contributed by atoms with Gasteiger partial charge in [0.1, 0.15) is 0 Å². The van der Waals surface area contributed by atoms with Crippen molar-refractivity contribution in [1.29, 1.82) is 0 Å². The van der Waals surface area contributed by atoms with Crippen molar-refractivity contribution in [2.75, 3.05) is 13.6 Å². The fourth-order valence-electron chi connectivity index (χ4n) is 2.57. The summed E-state index contributed by atoms with van der Waals surface area (Å²) < 4.78 is 0. The van der Waals surface area contributed by atoms with Crippen molar-refractivity contribution in [2.24, 2.45) is 4.99 Å². The maximum atomic E-state index is 12.1. The van der Waals surface area contributed by atoms with E-state index in [2.05, 4.69) is 40.0 Å². The standard InChI is InChI=1S/C21H28N4O.HI/c1-4-13-23-20(26)19-12-8-9-17(14-19)15-24-21(22-3)25-16(2)18-10-6-5-7-11-18;/h5-12,14,16H,4,13,15H2,1-3H3,(H,23,26)(H2,22,24,25);1H. The summed E-state index contributed by atoms with van der Waals surface area (Å²) in [5.41, 5.74) is 2.91. The van der Waals surface area contributed by atoms with E-state index in [1.807, 2.05) is 49.4 Å². The van der Waals surface area contributed by atoms with Gasteiger partial charge in [-0.05, 0) is 36.6 Å². The number of amides is 1. The maximum absolute atomic E-state index is 12.1. The molecule has 0 saturated carbocycles. The molecule has 0 radical (unpaired) electrons. The average Bonchev–Trinajstić information content (AvgIpc) is 2.69. The van der Waals surface area contributed by atoms with Gasteiger partial charge in [-0.15, -0.1) is 24.0 Å². The first kappa shape index (κ1) is 23.0. The third-order valence-corrected chi connectivity index (χ3v) is 4.06. The number of nitrogens with one attached hydrogen (secondary N) is 3. The van der Waals surface area contributed by atoms with Gasteiger partial charge < -0.3 is 16.0 Å². The molecule has 2 rings (SSSR count). The summed E-state index contributed by atoms with van der Waals surface area (Å²) in [6, 6.07) is 18.0. The van der Waals surface area contributed by atoms with Gasteiger partial charge in [-0.3, -0.25) is 9.79 Å². The minimum Gasteiger partial charge on any atom is -0.352 e. The minimum atomic E-state index is -0.0334.